The molecule has 0 atom stereocenters. The summed E-state index contributed by atoms with van der Waals surface area (Å²) in [5, 5.41) is 12.5. The third-order valence-electron chi connectivity index (χ3n) is 2.76. The van der Waals surface area contributed by atoms with Crippen LogP contribution in [-0.2, 0) is 5.75 Å². The summed E-state index contributed by atoms with van der Waals surface area (Å²) in [6, 6.07) is 9.39. The van der Waals surface area contributed by atoms with Gasteiger partial charge >= 0.3 is 0 Å². The molecule has 0 bridgehead atoms. The monoisotopic (exact) mass is 303 g/mol. The predicted molar refractivity (Wildman–Crippen MR) is 77.1 cm³/mol. The molecule has 3 rings (SSSR count). The van der Waals surface area contributed by atoms with Gasteiger partial charge in [-0.1, -0.05) is 29.1 Å². The first-order chi connectivity index (χ1) is 10.3. The van der Waals surface area contributed by atoms with Crippen LogP contribution in [0.3, 0.4) is 0 Å². The Kier molecular flexibility index (Phi) is 3.92. The van der Waals surface area contributed by atoms with Gasteiger partial charge in [0.25, 0.3) is 11.1 Å². The number of hydrogen-bond acceptors (Lipinski definition) is 7. The Morgan fingerprint density at radius 2 is 2.10 bits per heavy atom. The zero-order valence-corrected chi connectivity index (χ0v) is 12.4. The van der Waals surface area contributed by atoms with E-state index in [1.165, 1.54) is 11.8 Å². The van der Waals surface area contributed by atoms with Crippen LogP contribution in [0.25, 0.3) is 11.5 Å². The van der Waals surface area contributed by atoms with Crippen LogP contribution in [0.4, 0.5) is 0 Å². The van der Waals surface area contributed by atoms with Gasteiger partial charge in [0.2, 0.25) is 0 Å². The Morgan fingerprint density at radius 1 is 1.24 bits per heavy atom. The van der Waals surface area contributed by atoms with Gasteiger partial charge < -0.3 is 13.7 Å². The summed E-state index contributed by atoms with van der Waals surface area (Å²) in [5.41, 5.74) is 1.62. The lowest BCUT2D eigenvalue weighted by Crippen LogP contribution is -1.87. The van der Waals surface area contributed by atoms with Crippen molar-refractivity contribution in [3.63, 3.8) is 0 Å². The molecule has 2 heterocycles. The first-order valence-corrected chi connectivity index (χ1v) is 7.26. The van der Waals surface area contributed by atoms with Crippen molar-refractivity contribution in [3.05, 3.63) is 41.8 Å². The van der Waals surface area contributed by atoms with Crippen molar-refractivity contribution in [3.8, 4) is 17.2 Å². The minimum absolute atomic E-state index is 0.436. The number of thioether (sulfide) groups is 1. The number of hydrogen-bond donors (Lipinski definition) is 0. The second-order valence-electron chi connectivity index (χ2n) is 4.29. The Labute approximate surface area is 125 Å². The van der Waals surface area contributed by atoms with Crippen LogP contribution in [0.15, 0.2) is 44.5 Å². The lowest BCUT2D eigenvalue weighted by Gasteiger charge is -2.03. The highest BCUT2D eigenvalue weighted by Gasteiger charge is 2.13. The number of benzene rings is 1. The zero-order chi connectivity index (χ0) is 14.7. The molecule has 7 heteroatoms. The number of nitrogens with zero attached hydrogens (tertiary/aromatic N) is 3. The Balaban J connectivity index is 1.74. The van der Waals surface area contributed by atoms with Crippen LogP contribution in [0.5, 0.6) is 5.75 Å². The largest absolute Gasteiger partial charge is 0.496 e. The van der Waals surface area contributed by atoms with Crippen molar-refractivity contribution >= 4 is 11.8 Å². The van der Waals surface area contributed by atoms with Gasteiger partial charge in [-0.2, -0.15) is 0 Å². The quantitative estimate of drug-likeness (QED) is 0.669. The van der Waals surface area contributed by atoms with Gasteiger partial charge in [-0.15, -0.1) is 10.2 Å². The van der Waals surface area contributed by atoms with Gasteiger partial charge in [0.1, 0.15) is 11.5 Å². The smallest absolute Gasteiger partial charge is 0.277 e. The van der Waals surface area contributed by atoms with Crippen LogP contribution in [0.2, 0.25) is 0 Å². The van der Waals surface area contributed by atoms with Crippen molar-refractivity contribution in [1.29, 1.82) is 0 Å². The fourth-order valence-electron chi connectivity index (χ4n) is 1.82. The van der Waals surface area contributed by atoms with Gasteiger partial charge in [0.15, 0.2) is 0 Å². The fourth-order valence-corrected chi connectivity index (χ4v) is 2.46. The highest BCUT2D eigenvalue weighted by Crippen LogP contribution is 2.31. The lowest BCUT2D eigenvalue weighted by molar-refractivity contribution is 0.392. The van der Waals surface area contributed by atoms with Gasteiger partial charge in [0.05, 0.1) is 18.4 Å². The van der Waals surface area contributed by atoms with Crippen molar-refractivity contribution < 1.29 is 13.7 Å². The van der Waals surface area contributed by atoms with Crippen LogP contribution < -0.4 is 4.74 Å². The van der Waals surface area contributed by atoms with E-state index < -0.39 is 0 Å². The van der Waals surface area contributed by atoms with E-state index in [0.29, 0.717) is 22.6 Å². The van der Waals surface area contributed by atoms with E-state index in [-0.39, 0.29) is 0 Å². The molecule has 0 aliphatic heterocycles. The molecule has 2 aromatic heterocycles. The number of methoxy groups -OCH3 is 1. The van der Waals surface area contributed by atoms with Crippen LogP contribution >= 0.6 is 11.8 Å². The Bertz CT molecular complexity index is 738. The van der Waals surface area contributed by atoms with Gasteiger partial charge in [-0.25, -0.2) is 0 Å². The molecule has 0 saturated carbocycles. The van der Waals surface area contributed by atoms with E-state index in [9.17, 15) is 0 Å². The summed E-state index contributed by atoms with van der Waals surface area (Å²) in [7, 11) is 1.61. The molecule has 0 spiro atoms. The molecular formula is C14H13N3O3S. The van der Waals surface area contributed by atoms with Crippen LogP contribution in [0, 0.1) is 6.92 Å². The SMILES string of the molecule is COc1ccccc1-c1nnc(SCc2cc(C)on2)o1. The van der Waals surface area contributed by atoms with Crippen molar-refractivity contribution in [2.45, 2.75) is 17.9 Å². The molecule has 0 radical (unpaired) electrons. The van der Waals surface area contributed by atoms with E-state index in [1.807, 2.05) is 37.3 Å². The number of aromatic nitrogens is 3. The number of ether oxygens (including phenoxy) is 1. The molecule has 0 N–H and O–H groups in total. The maximum absolute atomic E-state index is 5.64. The molecule has 0 unspecified atom stereocenters. The molecule has 1 aromatic carbocycles. The third kappa shape index (κ3) is 3.08. The molecule has 0 amide bonds. The average molecular weight is 303 g/mol. The lowest BCUT2D eigenvalue weighted by atomic mass is 10.2. The van der Waals surface area contributed by atoms with E-state index in [4.69, 9.17) is 13.7 Å². The highest BCUT2D eigenvalue weighted by atomic mass is 32.2. The maximum Gasteiger partial charge on any atom is 0.277 e. The summed E-state index contributed by atoms with van der Waals surface area (Å²) in [5.74, 6) is 2.53. The minimum Gasteiger partial charge on any atom is -0.496 e. The number of rotatable bonds is 5. The summed E-state index contributed by atoms with van der Waals surface area (Å²) in [6.45, 7) is 1.85. The van der Waals surface area contributed by atoms with Gasteiger partial charge in [-0.3, -0.25) is 0 Å². The zero-order valence-electron chi connectivity index (χ0n) is 11.6. The molecule has 0 fully saturated rings. The molecule has 108 valence electrons. The van der Waals surface area contributed by atoms with Crippen LogP contribution in [0.1, 0.15) is 11.5 Å². The molecule has 0 aliphatic rings. The summed E-state index contributed by atoms with van der Waals surface area (Å²) in [4.78, 5) is 0. The highest BCUT2D eigenvalue weighted by molar-refractivity contribution is 7.98. The minimum atomic E-state index is 0.436. The fraction of sp³-hybridized carbons (Fsp3) is 0.214. The number of aryl methyl sites for hydroxylation is 1. The summed E-state index contributed by atoms with van der Waals surface area (Å²) in [6.07, 6.45) is 0. The van der Waals surface area contributed by atoms with Gasteiger partial charge in [-0.05, 0) is 19.1 Å². The third-order valence-corrected chi connectivity index (χ3v) is 3.62. The van der Waals surface area contributed by atoms with Crippen LogP contribution in [-0.4, -0.2) is 22.5 Å². The van der Waals surface area contributed by atoms with Crippen molar-refractivity contribution in [2.24, 2.45) is 0 Å². The van der Waals surface area contributed by atoms with E-state index in [2.05, 4.69) is 15.4 Å². The van der Waals surface area contributed by atoms with Crippen molar-refractivity contribution in [2.75, 3.05) is 7.11 Å². The standard InChI is InChI=1S/C14H13N3O3S/c1-9-7-10(17-20-9)8-21-14-16-15-13(19-14)11-5-3-4-6-12(11)18-2/h3-7H,8H2,1-2H3. The normalized spacial score (nSPS) is 10.8. The Hall–Kier alpha value is -2.28. The summed E-state index contributed by atoms with van der Waals surface area (Å²) >= 11 is 1.41. The first-order valence-electron chi connectivity index (χ1n) is 6.28. The first kappa shape index (κ1) is 13.7. The van der Waals surface area contributed by atoms with Crippen molar-refractivity contribution in [1.82, 2.24) is 15.4 Å². The van der Waals surface area contributed by atoms with Gasteiger partial charge in [0, 0.05) is 11.8 Å². The number of para-hydroxylation sites is 1. The molecule has 3 aromatic rings. The Morgan fingerprint density at radius 3 is 2.86 bits per heavy atom. The second-order valence-corrected chi connectivity index (χ2v) is 5.22. The molecule has 21 heavy (non-hydrogen) atoms. The topological polar surface area (TPSA) is 74.2 Å². The average Bonchev–Trinajstić information content (AvgIpc) is 3.14. The summed E-state index contributed by atoms with van der Waals surface area (Å²) < 4.78 is 15.9. The maximum atomic E-state index is 5.64. The molecular weight excluding hydrogens is 290 g/mol. The molecule has 0 aliphatic carbocycles. The molecule has 6 nitrogen and oxygen atoms in total. The molecule has 0 saturated heterocycles. The van der Waals surface area contributed by atoms with E-state index >= 15 is 0 Å². The second kappa shape index (κ2) is 6.01. The van der Waals surface area contributed by atoms with E-state index in [1.54, 1.807) is 7.11 Å². The predicted octanol–water partition coefficient (Wildman–Crippen LogP) is 3.33. The van der Waals surface area contributed by atoms with E-state index in [0.717, 1.165) is 17.0 Å².